The van der Waals surface area contributed by atoms with E-state index in [-0.39, 0.29) is 0 Å². The fourth-order valence-corrected chi connectivity index (χ4v) is 2.55. The molecule has 1 aliphatic rings. The van der Waals surface area contributed by atoms with Crippen LogP contribution in [-0.4, -0.2) is 16.3 Å². The monoisotopic (exact) mass is 227 g/mol. The fourth-order valence-electron chi connectivity index (χ4n) is 2.55. The molecule has 0 saturated carbocycles. The standard InChI is InChI=1S/C14H17N3/c1-2-17-13(7-9-15-17)11-16-10-8-12-5-3-4-6-14(12)16/h3-7,9H,2,8,10-11H2,1H3. The molecule has 88 valence electrons. The third-order valence-electron chi connectivity index (χ3n) is 3.44. The van der Waals surface area contributed by atoms with Crippen molar-refractivity contribution < 1.29 is 0 Å². The molecule has 2 aromatic rings. The SMILES string of the molecule is CCn1nccc1CN1CCc2ccccc21. The zero-order valence-corrected chi connectivity index (χ0v) is 10.1. The van der Waals surface area contributed by atoms with Crippen molar-refractivity contribution in [1.29, 1.82) is 0 Å². The lowest BCUT2D eigenvalue weighted by atomic mass is 10.2. The summed E-state index contributed by atoms with van der Waals surface area (Å²) in [6.45, 7) is 5.16. The average molecular weight is 227 g/mol. The number of benzene rings is 1. The summed E-state index contributed by atoms with van der Waals surface area (Å²) < 4.78 is 2.07. The predicted octanol–water partition coefficient (Wildman–Crippen LogP) is 2.47. The summed E-state index contributed by atoms with van der Waals surface area (Å²) in [6, 6.07) is 10.8. The molecular weight excluding hydrogens is 210 g/mol. The predicted molar refractivity (Wildman–Crippen MR) is 69.1 cm³/mol. The van der Waals surface area contributed by atoms with E-state index < -0.39 is 0 Å². The summed E-state index contributed by atoms with van der Waals surface area (Å²) in [5.41, 5.74) is 4.15. The first kappa shape index (κ1) is 10.4. The Hall–Kier alpha value is -1.77. The fraction of sp³-hybridized carbons (Fsp3) is 0.357. The Morgan fingerprint density at radius 2 is 2.12 bits per heavy atom. The first-order chi connectivity index (χ1) is 8.38. The summed E-state index contributed by atoms with van der Waals surface area (Å²) in [7, 11) is 0. The molecule has 0 saturated heterocycles. The van der Waals surface area contributed by atoms with Gasteiger partial charge in [0.15, 0.2) is 0 Å². The van der Waals surface area contributed by atoms with Crippen LogP contribution in [0.1, 0.15) is 18.2 Å². The van der Waals surface area contributed by atoms with E-state index >= 15 is 0 Å². The Bertz CT molecular complexity index is 516. The quantitative estimate of drug-likeness (QED) is 0.803. The highest BCUT2D eigenvalue weighted by Crippen LogP contribution is 2.28. The number of anilines is 1. The largest absolute Gasteiger partial charge is 0.365 e. The Labute approximate surface area is 102 Å². The highest BCUT2D eigenvalue weighted by Gasteiger charge is 2.19. The highest BCUT2D eigenvalue weighted by atomic mass is 15.3. The Morgan fingerprint density at radius 1 is 1.24 bits per heavy atom. The lowest BCUT2D eigenvalue weighted by Gasteiger charge is -2.19. The summed E-state index contributed by atoms with van der Waals surface area (Å²) in [5, 5.41) is 4.32. The average Bonchev–Trinajstić information content (AvgIpc) is 2.97. The van der Waals surface area contributed by atoms with Crippen molar-refractivity contribution in [2.75, 3.05) is 11.4 Å². The van der Waals surface area contributed by atoms with Crippen LogP contribution in [0.3, 0.4) is 0 Å². The van der Waals surface area contributed by atoms with E-state index in [0.29, 0.717) is 0 Å². The molecule has 0 bridgehead atoms. The van der Waals surface area contributed by atoms with Crippen LogP contribution >= 0.6 is 0 Å². The summed E-state index contributed by atoms with van der Waals surface area (Å²) in [6.07, 6.45) is 3.05. The van der Waals surface area contributed by atoms with Crippen LogP contribution in [0, 0.1) is 0 Å². The molecule has 1 aliphatic heterocycles. The molecule has 0 atom stereocenters. The molecule has 0 aliphatic carbocycles. The number of hydrogen-bond donors (Lipinski definition) is 0. The maximum Gasteiger partial charge on any atom is 0.0599 e. The van der Waals surface area contributed by atoms with Crippen LogP contribution in [0.2, 0.25) is 0 Å². The minimum atomic E-state index is 0.942. The summed E-state index contributed by atoms with van der Waals surface area (Å²) in [5.74, 6) is 0. The second-order valence-electron chi connectivity index (χ2n) is 4.44. The first-order valence-electron chi connectivity index (χ1n) is 6.22. The third kappa shape index (κ3) is 1.82. The van der Waals surface area contributed by atoms with Crippen molar-refractivity contribution in [1.82, 2.24) is 9.78 Å². The minimum Gasteiger partial charge on any atom is -0.365 e. The van der Waals surface area contributed by atoms with Crippen LogP contribution in [0.15, 0.2) is 36.5 Å². The number of rotatable bonds is 3. The molecule has 0 spiro atoms. The molecule has 1 aromatic heterocycles. The van der Waals surface area contributed by atoms with Gasteiger partial charge in [-0.2, -0.15) is 5.10 Å². The van der Waals surface area contributed by atoms with Crippen LogP contribution in [0.25, 0.3) is 0 Å². The lowest BCUT2D eigenvalue weighted by molar-refractivity contribution is 0.612. The summed E-state index contributed by atoms with van der Waals surface area (Å²) in [4.78, 5) is 2.44. The number of para-hydroxylation sites is 1. The molecule has 0 N–H and O–H groups in total. The molecule has 1 aromatic carbocycles. The maximum absolute atomic E-state index is 4.32. The van der Waals surface area contributed by atoms with E-state index in [1.165, 1.54) is 16.9 Å². The Kier molecular flexibility index (Phi) is 2.59. The van der Waals surface area contributed by atoms with E-state index in [2.05, 4.69) is 51.9 Å². The number of hydrogen-bond acceptors (Lipinski definition) is 2. The van der Waals surface area contributed by atoms with Crippen molar-refractivity contribution in [3.05, 3.63) is 47.8 Å². The van der Waals surface area contributed by atoms with Crippen molar-refractivity contribution >= 4 is 5.69 Å². The third-order valence-corrected chi connectivity index (χ3v) is 3.44. The van der Waals surface area contributed by atoms with Crippen molar-refractivity contribution in [3.63, 3.8) is 0 Å². The van der Waals surface area contributed by atoms with Gasteiger partial charge in [-0.3, -0.25) is 4.68 Å². The normalized spacial score (nSPS) is 14.1. The van der Waals surface area contributed by atoms with Crippen molar-refractivity contribution in [2.45, 2.75) is 26.4 Å². The van der Waals surface area contributed by atoms with E-state index in [4.69, 9.17) is 0 Å². The van der Waals surface area contributed by atoms with Crippen LogP contribution in [0.4, 0.5) is 5.69 Å². The van der Waals surface area contributed by atoms with E-state index in [9.17, 15) is 0 Å². The minimum absolute atomic E-state index is 0.942. The van der Waals surface area contributed by atoms with Crippen molar-refractivity contribution in [2.24, 2.45) is 0 Å². The van der Waals surface area contributed by atoms with Gasteiger partial charge >= 0.3 is 0 Å². The molecule has 3 nitrogen and oxygen atoms in total. The molecule has 0 amide bonds. The Morgan fingerprint density at radius 3 is 3.00 bits per heavy atom. The number of aryl methyl sites for hydroxylation is 1. The van der Waals surface area contributed by atoms with Gasteiger partial charge in [-0.15, -0.1) is 0 Å². The number of nitrogens with zero attached hydrogens (tertiary/aromatic N) is 3. The zero-order chi connectivity index (χ0) is 11.7. The highest BCUT2D eigenvalue weighted by molar-refractivity contribution is 5.57. The van der Waals surface area contributed by atoms with E-state index in [1.54, 1.807) is 0 Å². The smallest absolute Gasteiger partial charge is 0.0599 e. The molecule has 17 heavy (non-hydrogen) atoms. The first-order valence-corrected chi connectivity index (χ1v) is 6.22. The van der Waals surface area contributed by atoms with Crippen LogP contribution < -0.4 is 4.90 Å². The van der Waals surface area contributed by atoms with Crippen LogP contribution in [-0.2, 0) is 19.5 Å². The molecule has 2 heterocycles. The van der Waals surface area contributed by atoms with Gasteiger partial charge in [-0.1, -0.05) is 18.2 Å². The summed E-state index contributed by atoms with van der Waals surface area (Å²) >= 11 is 0. The van der Waals surface area contributed by atoms with Gasteiger partial charge in [0.25, 0.3) is 0 Å². The van der Waals surface area contributed by atoms with Crippen molar-refractivity contribution in [3.8, 4) is 0 Å². The number of aromatic nitrogens is 2. The zero-order valence-electron chi connectivity index (χ0n) is 10.1. The topological polar surface area (TPSA) is 21.1 Å². The Balaban J connectivity index is 1.84. The van der Waals surface area contributed by atoms with Gasteiger partial charge in [-0.05, 0) is 31.0 Å². The molecule has 3 rings (SSSR count). The second kappa shape index (κ2) is 4.24. The maximum atomic E-state index is 4.32. The second-order valence-corrected chi connectivity index (χ2v) is 4.44. The van der Waals surface area contributed by atoms with Gasteiger partial charge in [0.2, 0.25) is 0 Å². The van der Waals surface area contributed by atoms with E-state index in [1.807, 2.05) is 6.20 Å². The van der Waals surface area contributed by atoms with E-state index in [0.717, 1.165) is 26.1 Å². The van der Waals surface area contributed by atoms with Gasteiger partial charge in [0.1, 0.15) is 0 Å². The molecular formula is C14H17N3. The van der Waals surface area contributed by atoms with Crippen LogP contribution in [0.5, 0.6) is 0 Å². The lowest BCUT2D eigenvalue weighted by Crippen LogP contribution is -2.21. The molecule has 0 radical (unpaired) electrons. The molecule has 0 fully saturated rings. The molecule has 3 heteroatoms. The van der Waals surface area contributed by atoms with Gasteiger partial charge < -0.3 is 4.90 Å². The number of fused-ring (bicyclic) bond motifs is 1. The molecule has 0 unspecified atom stereocenters. The van der Waals surface area contributed by atoms with Gasteiger partial charge in [-0.25, -0.2) is 0 Å². The van der Waals surface area contributed by atoms with Gasteiger partial charge in [0.05, 0.1) is 12.2 Å². The van der Waals surface area contributed by atoms with Gasteiger partial charge in [0, 0.05) is 25.0 Å².